The van der Waals surface area contributed by atoms with Crippen molar-refractivity contribution in [2.24, 2.45) is 0 Å². The smallest absolute Gasteiger partial charge is 0.431 e. The highest BCUT2D eigenvalue weighted by atomic mass is 16.8. The van der Waals surface area contributed by atoms with Gasteiger partial charge in [0.15, 0.2) is 11.6 Å². The summed E-state index contributed by atoms with van der Waals surface area (Å²) >= 11 is 0. The van der Waals surface area contributed by atoms with E-state index in [4.69, 9.17) is 28.4 Å². The van der Waals surface area contributed by atoms with E-state index in [0.717, 1.165) is 0 Å². The predicted molar refractivity (Wildman–Crippen MR) is 67.1 cm³/mol. The van der Waals surface area contributed by atoms with Gasteiger partial charge in [0.2, 0.25) is 0 Å². The highest BCUT2D eigenvalue weighted by Crippen LogP contribution is 2.23. The van der Waals surface area contributed by atoms with Crippen LogP contribution in [0.25, 0.3) is 0 Å². The number of ether oxygens (including phenoxy) is 6. The maximum Gasteiger partial charge on any atom is 0.508 e. The zero-order chi connectivity index (χ0) is 14.8. The Labute approximate surface area is 118 Å². The molecule has 2 rings (SSSR count). The molecular formula is C13H22O7. The zero-order valence-electron chi connectivity index (χ0n) is 12.3. The van der Waals surface area contributed by atoms with Gasteiger partial charge in [-0.15, -0.1) is 0 Å². The van der Waals surface area contributed by atoms with Gasteiger partial charge in [0.1, 0.15) is 25.4 Å². The molecule has 2 fully saturated rings. The number of carbonyl (C=O) groups excluding carboxylic acids is 1. The summed E-state index contributed by atoms with van der Waals surface area (Å²) in [5.41, 5.74) is 0. The molecule has 2 atom stereocenters. The molecule has 0 N–H and O–H groups in total. The van der Waals surface area contributed by atoms with Crippen molar-refractivity contribution in [1.29, 1.82) is 0 Å². The van der Waals surface area contributed by atoms with Crippen molar-refractivity contribution in [1.82, 2.24) is 0 Å². The van der Waals surface area contributed by atoms with Crippen LogP contribution in [-0.2, 0) is 28.4 Å². The molecule has 2 aliphatic rings. The first-order valence-corrected chi connectivity index (χ1v) is 6.69. The van der Waals surface area contributed by atoms with Gasteiger partial charge < -0.3 is 28.4 Å². The molecule has 0 saturated carbocycles. The fraction of sp³-hybridized carbons (Fsp3) is 0.923. The Balaban J connectivity index is 1.59. The molecule has 2 aliphatic heterocycles. The SMILES string of the molecule is CC1(C)OCC(COC(=O)OCC2COC(C)(C)O2)O1. The topological polar surface area (TPSA) is 72.5 Å². The average molecular weight is 290 g/mol. The Morgan fingerprint density at radius 2 is 1.35 bits per heavy atom. The quantitative estimate of drug-likeness (QED) is 0.725. The molecule has 0 aromatic heterocycles. The molecule has 2 saturated heterocycles. The van der Waals surface area contributed by atoms with Crippen LogP contribution < -0.4 is 0 Å². The summed E-state index contributed by atoms with van der Waals surface area (Å²) < 4.78 is 31.7. The van der Waals surface area contributed by atoms with Crippen molar-refractivity contribution < 1.29 is 33.2 Å². The van der Waals surface area contributed by atoms with E-state index in [0.29, 0.717) is 13.2 Å². The van der Waals surface area contributed by atoms with E-state index in [1.54, 1.807) is 0 Å². The Kier molecular flexibility index (Phi) is 4.53. The summed E-state index contributed by atoms with van der Waals surface area (Å²) in [4.78, 5) is 11.4. The molecule has 0 aromatic carbocycles. The van der Waals surface area contributed by atoms with Crippen LogP contribution in [0.2, 0.25) is 0 Å². The van der Waals surface area contributed by atoms with Gasteiger partial charge in [0.05, 0.1) is 13.2 Å². The van der Waals surface area contributed by atoms with E-state index in [1.165, 1.54) is 0 Å². The van der Waals surface area contributed by atoms with E-state index in [9.17, 15) is 4.79 Å². The van der Waals surface area contributed by atoms with Crippen LogP contribution in [-0.4, -0.2) is 56.4 Å². The van der Waals surface area contributed by atoms with Gasteiger partial charge in [-0.1, -0.05) is 0 Å². The monoisotopic (exact) mass is 290 g/mol. The second-order valence-electron chi connectivity index (χ2n) is 5.77. The van der Waals surface area contributed by atoms with Crippen molar-refractivity contribution in [3.8, 4) is 0 Å². The van der Waals surface area contributed by atoms with E-state index < -0.39 is 17.7 Å². The minimum absolute atomic E-state index is 0.107. The third-order valence-electron chi connectivity index (χ3n) is 2.91. The minimum atomic E-state index is -0.744. The molecule has 7 nitrogen and oxygen atoms in total. The third kappa shape index (κ3) is 4.59. The second-order valence-corrected chi connectivity index (χ2v) is 5.77. The largest absolute Gasteiger partial charge is 0.508 e. The van der Waals surface area contributed by atoms with E-state index >= 15 is 0 Å². The summed E-state index contributed by atoms with van der Waals surface area (Å²) in [6, 6.07) is 0. The lowest BCUT2D eigenvalue weighted by Crippen LogP contribution is -2.27. The number of hydrogen-bond donors (Lipinski definition) is 0. The predicted octanol–water partition coefficient (Wildman–Crippen LogP) is 1.44. The summed E-state index contributed by atoms with van der Waals surface area (Å²) in [6.45, 7) is 8.25. The number of hydrogen-bond acceptors (Lipinski definition) is 7. The molecule has 2 unspecified atom stereocenters. The van der Waals surface area contributed by atoms with E-state index in [-0.39, 0.29) is 25.4 Å². The fourth-order valence-corrected chi connectivity index (χ4v) is 2.05. The average Bonchev–Trinajstić information content (AvgIpc) is 2.86. The molecule has 0 spiro atoms. The van der Waals surface area contributed by atoms with Gasteiger partial charge >= 0.3 is 6.16 Å². The molecule has 116 valence electrons. The third-order valence-corrected chi connectivity index (χ3v) is 2.91. The van der Waals surface area contributed by atoms with Crippen LogP contribution in [0, 0.1) is 0 Å². The van der Waals surface area contributed by atoms with E-state index in [2.05, 4.69) is 0 Å². The van der Waals surface area contributed by atoms with Crippen LogP contribution in [0.15, 0.2) is 0 Å². The van der Waals surface area contributed by atoms with Gasteiger partial charge in [-0.2, -0.15) is 0 Å². The summed E-state index contributed by atoms with van der Waals surface area (Å²) in [7, 11) is 0. The first-order chi connectivity index (χ1) is 9.26. The van der Waals surface area contributed by atoms with Crippen LogP contribution in [0.1, 0.15) is 27.7 Å². The van der Waals surface area contributed by atoms with Crippen LogP contribution in [0.3, 0.4) is 0 Å². The Hall–Kier alpha value is -0.890. The van der Waals surface area contributed by atoms with Gasteiger partial charge in [0.25, 0.3) is 0 Å². The lowest BCUT2D eigenvalue weighted by molar-refractivity contribution is -0.146. The lowest BCUT2D eigenvalue weighted by atomic mass is 10.4. The maximum absolute atomic E-state index is 11.4. The Bertz CT molecular complexity index is 321. The fourth-order valence-electron chi connectivity index (χ4n) is 2.05. The molecule has 0 aliphatic carbocycles. The van der Waals surface area contributed by atoms with Gasteiger partial charge in [-0.25, -0.2) is 4.79 Å². The highest BCUT2D eigenvalue weighted by Gasteiger charge is 2.35. The van der Waals surface area contributed by atoms with Crippen molar-refractivity contribution in [2.45, 2.75) is 51.5 Å². The second kappa shape index (κ2) is 5.85. The van der Waals surface area contributed by atoms with Crippen LogP contribution in [0.5, 0.6) is 0 Å². The summed E-state index contributed by atoms with van der Waals surface area (Å²) in [5.74, 6) is -1.25. The minimum Gasteiger partial charge on any atom is -0.431 e. The molecule has 0 bridgehead atoms. The van der Waals surface area contributed by atoms with Crippen LogP contribution >= 0.6 is 0 Å². The van der Waals surface area contributed by atoms with Crippen molar-refractivity contribution in [2.75, 3.05) is 26.4 Å². The summed E-state index contributed by atoms with van der Waals surface area (Å²) in [5, 5.41) is 0. The van der Waals surface area contributed by atoms with Crippen molar-refractivity contribution in [3.63, 3.8) is 0 Å². The first kappa shape index (κ1) is 15.5. The molecule has 7 heteroatoms. The molecule has 20 heavy (non-hydrogen) atoms. The first-order valence-electron chi connectivity index (χ1n) is 6.69. The molecule has 0 radical (unpaired) electrons. The van der Waals surface area contributed by atoms with E-state index in [1.807, 2.05) is 27.7 Å². The standard InChI is InChI=1S/C13H22O7/c1-12(2)17-7-9(19-12)5-15-11(14)16-6-10-8-18-13(3,4)20-10/h9-10H,5-8H2,1-4H3. The van der Waals surface area contributed by atoms with Gasteiger partial charge in [0, 0.05) is 0 Å². The number of carbonyl (C=O) groups is 1. The summed E-state index contributed by atoms with van der Waals surface area (Å²) in [6.07, 6.45) is -1.27. The number of rotatable bonds is 4. The molecule has 2 heterocycles. The molecule has 0 aromatic rings. The highest BCUT2D eigenvalue weighted by molar-refractivity contribution is 5.59. The van der Waals surface area contributed by atoms with Crippen molar-refractivity contribution in [3.05, 3.63) is 0 Å². The maximum atomic E-state index is 11.4. The normalized spacial score (nSPS) is 31.2. The van der Waals surface area contributed by atoms with Crippen molar-refractivity contribution >= 4 is 6.16 Å². The van der Waals surface area contributed by atoms with Crippen LogP contribution in [0.4, 0.5) is 4.79 Å². The molecule has 0 amide bonds. The Morgan fingerprint density at radius 1 is 0.950 bits per heavy atom. The zero-order valence-corrected chi connectivity index (χ0v) is 12.3. The lowest BCUT2D eigenvalue weighted by Gasteiger charge is -2.17. The molecular weight excluding hydrogens is 268 g/mol. The van der Waals surface area contributed by atoms with Gasteiger partial charge in [-0.05, 0) is 27.7 Å². The van der Waals surface area contributed by atoms with Gasteiger partial charge in [-0.3, -0.25) is 0 Å². The Morgan fingerprint density at radius 3 is 1.65 bits per heavy atom.